The van der Waals surface area contributed by atoms with Crippen LogP contribution in [0.3, 0.4) is 0 Å². The quantitative estimate of drug-likeness (QED) is 0.876. The van der Waals surface area contributed by atoms with Crippen molar-refractivity contribution in [3.05, 3.63) is 22.4 Å². The number of thiophene rings is 1. The number of nitrogens with one attached hydrogen (secondary N) is 1. The second-order valence-corrected chi connectivity index (χ2v) is 6.06. The molecule has 1 aliphatic heterocycles. The molecule has 2 nitrogen and oxygen atoms in total. The van der Waals surface area contributed by atoms with Crippen molar-refractivity contribution in [2.75, 3.05) is 24.7 Å². The standard InChI is InChI=1S/C12H19NOS2/c1-2-5-13-12(11-4-3-7-16-11)10-9-15-8-6-14-10/h3-4,7,10,12-13H,2,5-6,8-9H2,1H3. The van der Waals surface area contributed by atoms with Gasteiger partial charge < -0.3 is 10.1 Å². The second kappa shape index (κ2) is 6.64. The largest absolute Gasteiger partial charge is 0.374 e. The summed E-state index contributed by atoms with van der Waals surface area (Å²) in [6.07, 6.45) is 1.51. The highest BCUT2D eigenvalue weighted by atomic mass is 32.2. The summed E-state index contributed by atoms with van der Waals surface area (Å²) < 4.78 is 5.88. The highest BCUT2D eigenvalue weighted by molar-refractivity contribution is 7.99. The van der Waals surface area contributed by atoms with Gasteiger partial charge in [0, 0.05) is 16.4 Å². The Balaban J connectivity index is 2.01. The summed E-state index contributed by atoms with van der Waals surface area (Å²) in [5.74, 6) is 2.25. The van der Waals surface area contributed by atoms with Crippen LogP contribution in [0.15, 0.2) is 17.5 Å². The van der Waals surface area contributed by atoms with Crippen LogP contribution in [-0.2, 0) is 4.74 Å². The van der Waals surface area contributed by atoms with Crippen molar-refractivity contribution in [1.82, 2.24) is 5.32 Å². The van der Waals surface area contributed by atoms with Gasteiger partial charge in [0.2, 0.25) is 0 Å². The van der Waals surface area contributed by atoms with E-state index in [4.69, 9.17) is 4.74 Å². The van der Waals surface area contributed by atoms with Crippen molar-refractivity contribution in [3.8, 4) is 0 Å². The van der Waals surface area contributed by atoms with Crippen molar-refractivity contribution >= 4 is 23.1 Å². The molecule has 16 heavy (non-hydrogen) atoms. The third-order valence-electron chi connectivity index (χ3n) is 2.68. The zero-order valence-corrected chi connectivity index (χ0v) is 11.3. The van der Waals surface area contributed by atoms with E-state index in [1.54, 1.807) is 0 Å². The van der Waals surface area contributed by atoms with E-state index in [-0.39, 0.29) is 0 Å². The van der Waals surface area contributed by atoms with Crippen LogP contribution in [0, 0.1) is 0 Å². The lowest BCUT2D eigenvalue weighted by atomic mass is 10.1. The van der Waals surface area contributed by atoms with Crippen LogP contribution in [0.4, 0.5) is 0 Å². The summed E-state index contributed by atoms with van der Waals surface area (Å²) >= 11 is 3.83. The molecule has 90 valence electrons. The zero-order valence-electron chi connectivity index (χ0n) is 9.65. The summed E-state index contributed by atoms with van der Waals surface area (Å²) in [7, 11) is 0. The molecule has 0 spiro atoms. The Kier molecular flexibility index (Phi) is 5.16. The van der Waals surface area contributed by atoms with E-state index in [0.717, 1.165) is 24.7 Å². The molecule has 0 saturated carbocycles. The van der Waals surface area contributed by atoms with Gasteiger partial charge in [-0.25, -0.2) is 0 Å². The topological polar surface area (TPSA) is 21.3 Å². The van der Waals surface area contributed by atoms with Crippen LogP contribution in [0.2, 0.25) is 0 Å². The van der Waals surface area contributed by atoms with E-state index in [0.29, 0.717) is 12.1 Å². The first-order valence-corrected chi connectivity index (χ1v) is 7.91. The summed E-state index contributed by atoms with van der Waals surface area (Å²) in [6.45, 7) is 4.16. The van der Waals surface area contributed by atoms with Gasteiger partial charge in [-0.2, -0.15) is 11.8 Å². The van der Waals surface area contributed by atoms with Crippen LogP contribution in [-0.4, -0.2) is 30.8 Å². The number of thioether (sulfide) groups is 1. The van der Waals surface area contributed by atoms with Crippen LogP contribution in [0.25, 0.3) is 0 Å². The molecular formula is C12H19NOS2. The molecule has 2 heterocycles. The Morgan fingerprint density at radius 2 is 2.56 bits per heavy atom. The maximum absolute atomic E-state index is 5.88. The lowest BCUT2D eigenvalue weighted by molar-refractivity contribution is 0.0477. The van der Waals surface area contributed by atoms with E-state index in [2.05, 4.69) is 29.8 Å². The lowest BCUT2D eigenvalue weighted by Gasteiger charge is -2.30. The van der Waals surface area contributed by atoms with E-state index in [9.17, 15) is 0 Å². The fourth-order valence-electron chi connectivity index (χ4n) is 1.88. The molecule has 1 fully saturated rings. The van der Waals surface area contributed by atoms with Crippen LogP contribution in [0.5, 0.6) is 0 Å². The average molecular weight is 257 g/mol. The Hall–Kier alpha value is -0.0300. The molecule has 1 aromatic heterocycles. The molecule has 1 N–H and O–H groups in total. The Labute approximate surface area is 106 Å². The molecule has 4 heteroatoms. The molecule has 0 radical (unpaired) electrons. The molecule has 0 aromatic carbocycles. The Morgan fingerprint density at radius 1 is 1.62 bits per heavy atom. The third kappa shape index (κ3) is 3.23. The highest BCUT2D eigenvalue weighted by Crippen LogP contribution is 2.28. The molecule has 2 unspecified atom stereocenters. The third-order valence-corrected chi connectivity index (χ3v) is 4.65. The first-order chi connectivity index (χ1) is 7.92. The van der Waals surface area contributed by atoms with Gasteiger partial charge in [-0.15, -0.1) is 11.3 Å². The normalized spacial score (nSPS) is 23.2. The van der Waals surface area contributed by atoms with Crippen molar-refractivity contribution < 1.29 is 4.74 Å². The van der Waals surface area contributed by atoms with E-state index < -0.39 is 0 Å². The molecule has 1 aliphatic rings. The maximum Gasteiger partial charge on any atom is 0.0868 e. The lowest BCUT2D eigenvalue weighted by Crippen LogP contribution is -2.38. The fourth-order valence-corrected chi connectivity index (χ4v) is 3.64. The highest BCUT2D eigenvalue weighted by Gasteiger charge is 2.26. The van der Waals surface area contributed by atoms with Crippen molar-refractivity contribution in [2.24, 2.45) is 0 Å². The summed E-state index contributed by atoms with van der Waals surface area (Å²) in [5.41, 5.74) is 0. The predicted molar refractivity (Wildman–Crippen MR) is 72.4 cm³/mol. The summed E-state index contributed by atoms with van der Waals surface area (Å²) in [4.78, 5) is 1.40. The van der Waals surface area contributed by atoms with Gasteiger partial charge >= 0.3 is 0 Å². The summed E-state index contributed by atoms with van der Waals surface area (Å²) in [6, 6.07) is 4.71. The maximum atomic E-state index is 5.88. The smallest absolute Gasteiger partial charge is 0.0868 e. The number of hydrogen-bond acceptors (Lipinski definition) is 4. The van der Waals surface area contributed by atoms with Gasteiger partial charge in [0.25, 0.3) is 0 Å². The predicted octanol–water partition coefficient (Wildman–Crippen LogP) is 2.92. The minimum atomic E-state index is 0.337. The zero-order chi connectivity index (χ0) is 11.2. The van der Waals surface area contributed by atoms with Gasteiger partial charge in [0.15, 0.2) is 0 Å². The first-order valence-electron chi connectivity index (χ1n) is 5.88. The van der Waals surface area contributed by atoms with Crippen molar-refractivity contribution in [1.29, 1.82) is 0 Å². The molecular weight excluding hydrogens is 238 g/mol. The van der Waals surface area contributed by atoms with Gasteiger partial charge in [0.05, 0.1) is 18.8 Å². The Bertz CT molecular complexity index is 283. The van der Waals surface area contributed by atoms with Crippen LogP contribution >= 0.6 is 23.1 Å². The molecule has 0 bridgehead atoms. The van der Waals surface area contributed by atoms with E-state index in [1.165, 1.54) is 11.3 Å². The SMILES string of the molecule is CCCNC(c1cccs1)C1CSCCO1. The molecule has 0 amide bonds. The number of ether oxygens (including phenoxy) is 1. The first kappa shape index (κ1) is 12.4. The minimum Gasteiger partial charge on any atom is -0.374 e. The summed E-state index contributed by atoms with van der Waals surface area (Å²) in [5, 5.41) is 5.76. The van der Waals surface area contributed by atoms with E-state index >= 15 is 0 Å². The van der Waals surface area contributed by atoms with Gasteiger partial charge in [-0.05, 0) is 24.4 Å². The second-order valence-electron chi connectivity index (χ2n) is 3.93. The molecule has 0 aliphatic carbocycles. The molecule has 1 saturated heterocycles. The molecule has 2 atom stereocenters. The fraction of sp³-hybridized carbons (Fsp3) is 0.667. The minimum absolute atomic E-state index is 0.337. The van der Waals surface area contributed by atoms with Crippen molar-refractivity contribution in [3.63, 3.8) is 0 Å². The van der Waals surface area contributed by atoms with Gasteiger partial charge in [-0.3, -0.25) is 0 Å². The average Bonchev–Trinajstić information content (AvgIpc) is 2.85. The van der Waals surface area contributed by atoms with Gasteiger partial charge in [-0.1, -0.05) is 13.0 Å². The monoisotopic (exact) mass is 257 g/mol. The van der Waals surface area contributed by atoms with Gasteiger partial charge in [0.1, 0.15) is 0 Å². The molecule has 1 aromatic rings. The van der Waals surface area contributed by atoms with Crippen LogP contribution in [0.1, 0.15) is 24.3 Å². The Morgan fingerprint density at radius 3 is 3.19 bits per heavy atom. The number of hydrogen-bond donors (Lipinski definition) is 1. The van der Waals surface area contributed by atoms with Crippen LogP contribution < -0.4 is 5.32 Å². The molecule has 2 rings (SSSR count). The number of rotatable bonds is 5. The van der Waals surface area contributed by atoms with E-state index in [1.807, 2.05) is 23.1 Å². The van der Waals surface area contributed by atoms with Crippen molar-refractivity contribution in [2.45, 2.75) is 25.5 Å².